The van der Waals surface area contributed by atoms with E-state index in [0.29, 0.717) is 51.5 Å². The summed E-state index contributed by atoms with van der Waals surface area (Å²) in [5.41, 5.74) is 0.224. The molecular weight excluding hydrogens is 372 g/mol. The number of hydrogen-bond acceptors (Lipinski definition) is 7. The molecule has 1 aliphatic rings. The molecule has 9 nitrogen and oxygen atoms in total. The van der Waals surface area contributed by atoms with Gasteiger partial charge in [0.05, 0.1) is 15.9 Å². The molecule has 1 atom stereocenters. The van der Waals surface area contributed by atoms with Crippen molar-refractivity contribution < 1.29 is 18.4 Å². The predicted octanol–water partition coefficient (Wildman–Crippen LogP) is 1.13. The van der Waals surface area contributed by atoms with Crippen molar-refractivity contribution in [2.45, 2.75) is 31.8 Å². The fraction of sp³-hybridized carbons (Fsp3) is 0.647. The molecular formula is C17H28N4O5S. The maximum Gasteiger partial charge on any atom is 0.293 e. The van der Waals surface area contributed by atoms with Crippen molar-refractivity contribution in [1.82, 2.24) is 9.21 Å². The van der Waals surface area contributed by atoms with Gasteiger partial charge in [-0.25, -0.2) is 8.42 Å². The van der Waals surface area contributed by atoms with Crippen LogP contribution in [-0.4, -0.2) is 79.6 Å². The van der Waals surface area contributed by atoms with E-state index in [1.807, 2.05) is 4.90 Å². The van der Waals surface area contributed by atoms with E-state index in [4.69, 9.17) is 0 Å². The van der Waals surface area contributed by atoms with Crippen molar-refractivity contribution in [1.29, 1.82) is 0 Å². The SMILES string of the molecule is CCN(CC)S(=O)(=O)c1ccc(N2CCN(CC(C)O)CC2)c([N+](=O)[O-])c1. The molecule has 0 aromatic heterocycles. The van der Waals surface area contributed by atoms with Crippen LogP contribution in [0.5, 0.6) is 0 Å². The van der Waals surface area contributed by atoms with Gasteiger partial charge in [0.25, 0.3) is 5.69 Å². The molecule has 1 N–H and O–H groups in total. The van der Waals surface area contributed by atoms with Crippen LogP contribution in [0.25, 0.3) is 0 Å². The Balaban J connectivity index is 2.28. The van der Waals surface area contributed by atoms with Gasteiger partial charge >= 0.3 is 0 Å². The lowest BCUT2D eigenvalue weighted by Gasteiger charge is -2.36. The number of benzene rings is 1. The summed E-state index contributed by atoms with van der Waals surface area (Å²) in [6, 6.07) is 4.13. The zero-order valence-corrected chi connectivity index (χ0v) is 16.9. The number of β-amino-alcohol motifs (C(OH)–C–C–N with tert-alkyl or cyclic N) is 1. The molecule has 0 spiro atoms. The largest absolute Gasteiger partial charge is 0.392 e. The molecule has 0 bridgehead atoms. The molecule has 0 saturated carbocycles. The van der Waals surface area contributed by atoms with Crippen LogP contribution in [-0.2, 0) is 10.0 Å². The molecule has 10 heteroatoms. The quantitative estimate of drug-likeness (QED) is 0.515. The third kappa shape index (κ3) is 4.95. The number of nitrogens with zero attached hydrogens (tertiary/aromatic N) is 4. The van der Waals surface area contributed by atoms with Crippen molar-refractivity contribution >= 4 is 21.4 Å². The van der Waals surface area contributed by atoms with E-state index in [1.54, 1.807) is 20.8 Å². The van der Waals surface area contributed by atoms with E-state index in [1.165, 1.54) is 16.4 Å². The van der Waals surface area contributed by atoms with Gasteiger partial charge < -0.3 is 10.0 Å². The lowest BCUT2D eigenvalue weighted by molar-refractivity contribution is -0.384. The fourth-order valence-corrected chi connectivity index (χ4v) is 4.81. The van der Waals surface area contributed by atoms with E-state index in [2.05, 4.69) is 4.90 Å². The summed E-state index contributed by atoms with van der Waals surface area (Å²) in [7, 11) is -3.75. The van der Waals surface area contributed by atoms with Gasteiger partial charge in [-0.1, -0.05) is 13.8 Å². The van der Waals surface area contributed by atoms with Crippen LogP contribution in [0.1, 0.15) is 20.8 Å². The molecule has 0 amide bonds. The topological polar surface area (TPSA) is 107 Å². The Morgan fingerprint density at radius 2 is 1.81 bits per heavy atom. The van der Waals surface area contributed by atoms with Gasteiger partial charge in [-0.3, -0.25) is 15.0 Å². The average molecular weight is 401 g/mol. The van der Waals surface area contributed by atoms with Crippen molar-refractivity contribution in [2.75, 3.05) is 50.7 Å². The predicted molar refractivity (Wildman–Crippen MR) is 104 cm³/mol. The number of aliphatic hydroxyl groups is 1. The van der Waals surface area contributed by atoms with Crippen LogP contribution in [0.15, 0.2) is 23.1 Å². The number of nitro groups is 1. The Labute approximate surface area is 160 Å². The molecule has 1 fully saturated rings. The number of aliphatic hydroxyl groups excluding tert-OH is 1. The number of anilines is 1. The zero-order valence-electron chi connectivity index (χ0n) is 16.0. The van der Waals surface area contributed by atoms with Crippen LogP contribution in [0.3, 0.4) is 0 Å². The summed E-state index contributed by atoms with van der Waals surface area (Å²) in [4.78, 5) is 15.0. The smallest absolute Gasteiger partial charge is 0.293 e. The van der Waals surface area contributed by atoms with Gasteiger partial charge in [0.15, 0.2) is 0 Å². The van der Waals surface area contributed by atoms with Crippen molar-refractivity contribution in [2.24, 2.45) is 0 Å². The monoisotopic (exact) mass is 400 g/mol. The third-order valence-corrected chi connectivity index (χ3v) is 6.77. The Hall–Kier alpha value is -1.75. The van der Waals surface area contributed by atoms with Gasteiger partial charge in [-0.15, -0.1) is 0 Å². The fourth-order valence-electron chi connectivity index (χ4n) is 3.33. The van der Waals surface area contributed by atoms with Crippen LogP contribution >= 0.6 is 0 Å². The lowest BCUT2D eigenvalue weighted by atomic mass is 10.2. The number of rotatable bonds is 8. The Morgan fingerprint density at radius 1 is 1.22 bits per heavy atom. The van der Waals surface area contributed by atoms with Gasteiger partial charge in [0.1, 0.15) is 5.69 Å². The van der Waals surface area contributed by atoms with E-state index in [0.717, 1.165) is 6.07 Å². The second kappa shape index (κ2) is 8.96. The van der Waals surface area contributed by atoms with E-state index < -0.39 is 21.1 Å². The molecule has 1 aromatic carbocycles. The molecule has 2 rings (SSSR count). The number of sulfonamides is 1. The normalized spacial score (nSPS) is 17.3. The first-order valence-electron chi connectivity index (χ1n) is 9.14. The zero-order chi connectivity index (χ0) is 20.2. The highest BCUT2D eigenvalue weighted by atomic mass is 32.2. The first-order chi connectivity index (χ1) is 12.7. The summed E-state index contributed by atoms with van der Waals surface area (Å²) in [5, 5.41) is 21.1. The second-order valence-corrected chi connectivity index (χ2v) is 8.57. The molecule has 27 heavy (non-hydrogen) atoms. The average Bonchev–Trinajstić information content (AvgIpc) is 2.62. The summed E-state index contributed by atoms with van der Waals surface area (Å²) >= 11 is 0. The number of piperazine rings is 1. The second-order valence-electron chi connectivity index (χ2n) is 6.63. The minimum absolute atomic E-state index is 0.0607. The van der Waals surface area contributed by atoms with Gasteiger partial charge in [-0.05, 0) is 19.1 Å². The number of nitro benzene ring substituents is 1. The van der Waals surface area contributed by atoms with Crippen LogP contribution in [0, 0.1) is 10.1 Å². The Bertz CT molecular complexity index is 757. The first-order valence-corrected chi connectivity index (χ1v) is 10.6. The molecule has 1 saturated heterocycles. The standard InChI is InChI=1S/C17H28N4O5S/c1-4-20(5-2)27(25,26)15-6-7-16(17(12-15)21(23)24)19-10-8-18(9-11-19)13-14(3)22/h6-7,12,14,22H,4-5,8-11,13H2,1-3H3. The minimum atomic E-state index is -3.75. The molecule has 1 aliphatic heterocycles. The van der Waals surface area contributed by atoms with Crippen molar-refractivity contribution in [3.05, 3.63) is 28.3 Å². The molecule has 1 unspecified atom stereocenters. The summed E-state index contributed by atoms with van der Waals surface area (Å²) in [5.74, 6) is 0. The third-order valence-electron chi connectivity index (χ3n) is 4.72. The summed E-state index contributed by atoms with van der Waals surface area (Å²) < 4.78 is 26.6. The summed E-state index contributed by atoms with van der Waals surface area (Å²) in [6.07, 6.45) is -0.421. The maximum atomic E-state index is 12.7. The van der Waals surface area contributed by atoms with Crippen LogP contribution < -0.4 is 4.90 Å². The minimum Gasteiger partial charge on any atom is -0.392 e. The molecule has 0 radical (unpaired) electrons. The van der Waals surface area contributed by atoms with Crippen LogP contribution in [0.2, 0.25) is 0 Å². The van der Waals surface area contributed by atoms with Gasteiger partial charge in [0.2, 0.25) is 10.0 Å². The van der Waals surface area contributed by atoms with Gasteiger partial charge in [-0.2, -0.15) is 4.31 Å². The highest BCUT2D eigenvalue weighted by molar-refractivity contribution is 7.89. The number of hydrogen-bond donors (Lipinski definition) is 1. The van der Waals surface area contributed by atoms with E-state index in [9.17, 15) is 23.6 Å². The molecule has 1 aromatic rings. The highest BCUT2D eigenvalue weighted by Crippen LogP contribution is 2.32. The molecule has 152 valence electrons. The molecule has 0 aliphatic carbocycles. The summed E-state index contributed by atoms with van der Waals surface area (Å²) in [6.45, 7) is 8.89. The van der Waals surface area contributed by atoms with Crippen molar-refractivity contribution in [3.8, 4) is 0 Å². The Kier molecular flexibility index (Phi) is 7.15. The van der Waals surface area contributed by atoms with Crippen LogP contribution in [0.4, 0.5) is 11.4 Å². The Morgan fingerprint density at radius 3 is 2.30 bits per heavy atom. The lowest BCUT2D eigenvalue weighted by Crippen LogP contribution is -2.48. The van der Waals surface area contributed by atoms with Gasteiger partial charge in [0, 0.05) is 51.9 Å². The molecule has 1 heterocycles. The van der Waals surface area contributed by atoms with Crippen molar-refractivity contribution in [3.63, 3.8) is 0 Å². The first kappa shape index (κ1) is 21.5. The van der Waals surface area contributed by atoms with E-state index >= 15 is 0 Å². The highest BCUT2D eigenvalue weighted by Gasteiger charge is 2.28. The van der Waals surface area contributed by atoms with E-state index in [-0.39, 0.29) is 10.6 Å². The maximum absolute atomic E-state index is 12.7.